The summed E-state index contributed by atoms with van der Waals surface area (Å²) in [6, 6.07) is 15.7. The number of amides is 3. The Labute approximate surface area is 213 Å². The fraction of sp³-hybridized carbons (Fsp3) is 0.192. The molecule has 11 nitrogen and oxygen atoms in total. The first-order valence-corrected chi connectivity index (χ1v) is 11.4. The van der Waals surface area contributed by atoms with Gasteiger partial charge in [-0.05, 0) is 48.0 Å². The van der Waals surface area contributed by atoms with Crippen LogP contribution in [0.25, 0.3) is 10.9 Å². The van der Waals surface area contributed by atoms with Crippen molar-refractivity contribution in [1.29, 1.82) is 0 Å². The van der Waals surface area contributed by atoms with Crippen LogP contribution in [0.1, 0.15) is 26.4 Å². The Bertz CT molecular complexity index is 1480. The number of aromatic nitrogens is 3. The monoisotopic (exact) mass is 501 g/mol. The van der Waals surface area contributed by atoms with Gasteiger partial charge in [-0.3, -0.25) is 14.8 Å². The molecule has 0 aliphatic rings. The molecule has 0 saturated carbocycles. The van der Waals surface area contributed by atoms with Gasteiger partial charge in [0.2, 0.25) is 0 Å². The average molecular weight is 502 g/mol. The lowest BCUT2D eigenvalue weighted by atomic mass is 10.1. The van der Waals surface area contributed by atoms with Gasteiger partial charge in [-0.1, -0.05) is 12.1 Å². The Morgan fingerprint density at radius 2 is 1.81 bits per heavy atom. The number of urea groups is 1. The van der Waals surface area contributed by atoms with Crippen LogP contribution in [0.15, 0.2) is 60.8 Å². The van der Waals surface area contributed by atoms with E-state index in [0.29, 0.717) is 40.2 Å². The number of hydrogen-bond acceptors (Lipinski definition) is 7. The van der Waals surface area contributed by atoms with E-state index in [2.05, 4.69) is 26.0 Å². The fourth-order valence-electron chi connectivity index (χ4n) is 3.69. The summed E-state index contributed by atoms with van der Waals surface area (Å²) in [5, 5.41) is 13.8. The van der Waals surface area contributed by atoms with Crippen molar-refractivity contribution < 1.29 is 19.1 Å². The molecule has 3 amide bonds. The number of carbonyl (C=O) groups is 3. The van der Waals surface area contributed by atoms with Crippen molar-refractivity contribution in [1.82, 2.24) is 19.7 Å². The Morgan fingerprint density at radius 3 is 2.57 bits per heavy atom. The quantitative estimate of drug-likeness (QED) is 0.329. The van der Waals surface area contributed by atoms with Crippen molar-refractivity contribution in [3.8, 4) is 0 Å². The van der Waals surface area contributed by atoms with Gasteiger partial charge in [0, 0.05) is 50.6 Å². The van der Waals surface area contributed by atoms with Crippen molar-refractivity contribution in [2.24, 2.45) is 7.05 Å². The van der Waals surface area contributed by atoms with E-state index in [0.717, 1.165) is 5.56 Å². The highest BCUT2D eigenvalue weighted by atomic mass is 16.5. The van der Waals surface area contributed by atoms with Crippen LogP contribution in [0.5, 0.6) is 0 Å². The van der Waals surface area contributed by atoms with E-state index < -0.39 is 5.97 Å². The van der Waals surface area contributed by atoms with Crippen molar-refractivity contribution in [3.05, 3.63) is 77.6 Å². The van der Waals surface area contributed by atoms with Gasteiger partial charge in [-0.2, -0.15) is 5.10 Å². The van der Waals surface area contributed by atoms with E-state index in [1.807, 2.05) is 18.2 Å². The number of pyridine rings is 1. The van der Waals surface area contributed by atoms with Gasteiger partial charge in [-0.15, -0.1) is 0 Å². The number of ether oxygens (including phenoxy) is 1. The number of nitrogens with zero attached hydrogens (tertiary/aromatic N) is 4. The highest BCUT2D eigenvalue weighted by Gasteiger charge is 2.18. The number of esters is 1. The smallest absolute Gasteiger partial charge is 0.359 e. The second kappa shape index (κ2) is 10.8. The van der Waals surface area contributed by atoms with Gasteiger partial charge in [0.1, 0.15) is 5.82 Å². The maximum absolute atomic E-state index is 13.2. The summed E-state index contributed by atoms with van der Waals surface area (Å²) in [6.07, 6.45) is 1.61. The van der Waals surface area contributed by atoms with E-state index >= 15 is 0 Å². The molecule has 0 atom stereocenters. The lowest BCUT2D eigenvalue weighted by Gasteiger charge is -2.14. The molecule has 3 N–H and O–H groups in total. The van der Waals surface area contributed by atoms with E-state index in [9.17, 15) is 14.4 Å². The van der Waals surface area contributed by atoms with Crippen LogP contribution in [0.4, 0.5) is 22.0 Å². The van der Waals surface area contributed by atoms with E-state index in [1.54, 1.807) is 68.4 Å². The molecule has 0 spiro atoms. The van der Waals surface area contributed by atoms with Gasteiger partial charge in [0.25, 0.3) is 5.91 Å². The topological polar surface area (TPSA) is 130 Å². The first kappa shape index (κ1) is 25.2. The fourth-order valence-corrected chi connectivity index (χ4v) is 3.69. The predicted octanol–water partition coefficient (Wildman–Crippen LogP) is 3.71. The molecule has 0 saturated heterocycles. The zero-order chi connectivity index (χ0) is 26.5. The van der Waals surface area contributed by atoms with E-state index in [1.165, 1.54) is 12.0 Å². The van der Waals surface area contributed by atoms with Crippen molar-refractivity contribution >= 4 is 46.0 Å². The second-order valence-electron chi connectivity index (χ2n) is 8.42. The first-order valence-electron chi connectivity index (χ1n) is 11.4. The molecule has 0 aliphatic heterocycles. The molecular formula is C26H27N7O4. The molecule has 2 heterocycles. The molecule has 0 aliphatic carbocycles. The lowest BCUT2D eigenvalue weighted by molar-refractivity contribution is 0.0595. The number of rotatable bonds is 7. The van der Waals surface area contributed by atoms with Crippen LogP contribution in [0.2, 0.25) is 0 Å². The number of methoxy groups -OCH3 is 1. The number of benzene rings is 2. The highest BCUT2D eigenvalue weighted by Crippen LogP contribution is 2.24. The number of anilines is 3. The zero-order valence-electron chi connectivity index (χ0n) is 20.9. The largest absolute Gasteiger partial charge is 0.464 e. The second-order valence-corrected chi connectivity index (χ2v) is 8.42. The summed E-state index contributed by atoms with van der Waals surface area (Å²) in [5.41, 5.74) is 3.43. The van der Waals surface area contributed by atoms with Gasteiger partial charge in [-0.25, -0.2) is 14.6 Å². The van der Waals surface area contributed by atoms with Crippen LogP contribution in [-0.4, -0.2) is 58.8 Å². The van der Waals surface area contributed by atoms with Gasteiger partial charge < -0.3 is 20.3 Å². The molecular weight excluding hydrogens is 474 g/mol. The maximum Gasteiger partial charge on any atom is 0.359 e. The highest BCUT2D eigenvalue weighted by molar-refractivity contribution is 6.09. The third-order valence-electron chi connectivity index (χ3n) is 5.61. The summed E-state index contributed by atoms with van der Waals surface area (Å²) in [5.74, 6) is -0.389. The summed E-state index contributed by atoms with van der Waals surface area (Å²) in [4.78, 5) is 42.6. The van der Waals surface area contributed by atoms with Crippen molar-refractivity contribution in [2.45, 2.75) is 6.54 Å². The Balaban J connectivity index is 1.49. The number of nitrogens with one attached hydrogen (secondary N) is 3. The summed E-state index contributed by atoms with van der Waals surface area (Å²) < 4.78 is 6.36. The Hall–Kier alpha value is -4.93. The maximum atomic E-state index is 13.2. The lowest BCUT2D eigenvalue weighted by Crippen LogP contribution is -2.27. The third-order valence-corrected chi connectivity index (χ3v) is 5.61. The van der Waals surface area contributed by atoms with Crippen LogP contribution >= 0.6 is 0 Å². The number of fused-ring (bicyclic) bond motifs is 1. The Kier molecular flexibility index (Phi) is 7.33. The number of carbonyl (C=O) groups excluding carboxylic acids is 3. The van der Waals surface area contributed by atoms with Gasteiger partial charge >= 0.3 is 12.0 Å². The summed E-state index contributed by atoms with van der Waals surface area (Å²) in [6.45, 7) is 0.412. The molecule has 4 aromatic rings. The number of hydrogen-bond donors (Lipinski definition) is 3. The van der Waals surface area contributed by atoms with Crippen LogP contribution in [0, 0.1) is 0 Å². The molecule has 0 bridgehead atoms. The van der Waals surface area contributed by atoms with Gasteiger partial charge in [0.15, 0.2) is 5.69 Å². The number of para-hydroxylation sites is 1. The molecule has 0 unspecified atom stereocenters. The summed E-state index contributed by atoms with van der Waals surface area (Å²) in [7, 11) is 6.32. The third kappa shape index (κ3) is 5.67. The number of aryl methyl sites for hydroxylation is 1. The minimum atomic E-state index is -0.524. The van der Waals surface area contributed by atoms with Crippen LogP contribution in [0.3, 0.4) is 0 Å². The van der Waals surface area contributed by atoms with Crippen LogP contribution < -0.4 is 16.0 Å². The van der Waals surface area contributed by atoms with E-state index in [4.69, 9.17) is 4.74 Å². The summed E-state index contributed by atoms with van der Waals surface area (Å²) >= 11 is 0. The molecule has 11 heteroatoms. The predicted molar refractivity (Wildman–Crippen MR) is 141 cm³/mol. The van der Waals surface area contributed by atoms with E-state index in [-0.39, 0.29) is 17.6 Å². The van der Waals surface area contributed by atoms with Crippen molar-refractivity contribution in [2.75, 3.05) is 37.2 Å². The van der Waals surface area contributed by atoms with Gasteiger partial charge in [0.05, 0.1) is 18.2 Å². The minimum Gasteiger partial charge on any atom is -0.464 e. The molecule has 37 heavy (non-hydrogen) atoms. The van der Waals surface area contributed by atoms with Crippen molar-refractivity contribution in [3.63, 3.8) is 0 Å². The molecule has 0 fully saturated rings. The average Bonchev–Trinajstić information content (AvgIpc) is 3.23. The van der Waals surface area contributed by atoms with Crippen LogP contribution in [-0.2, 0) is 18.3 Å². The minimum absolute atomic E-state index is 0.216. The zero-order valence-corrected chi connectivity index (χ0v) is 20.9. The Morgan fingerprint density at radius 1 is 1.03 bits per heavy atom. The normalized spacial score (nSPS) is 10.6. The standard InChI is InChI=1S/C26H27N7O4/c1-32(2)26(36)30-22-13-16(11-12-27-22)15-28-20-8-6-5-7-18(20)24(34)29-17-9-10-19-21(14-17)33(3)31-23(19)25(35)37-4/h5-14,28H,15H2,1-4H3,(H,29,34)(H,27,30,36). The molecule has 4 rings (SSSR count). The molecule has 2 aromatic carbocycles. The molecule has 190 valence electrons. The first-order chi connectivity index (χ1) is 17.8. The molecule has 2 aromatic heterocycles. The SMILES string of the molecule is COC(=O)c1nn(C)c2cc(NC(=O)c3ccccc3NCc3ccnc(NC(=O)N(C)C)c3)ccc12. The molecule has 0 radical (unpaired) electrons.